The lowest BCUT2D eigenvalue weighted by Gasteiger charge is -2.22. The Labute approximate surface area is 140 Å². The molecule has 0 aliphatic rings. The van der Waals surface area contributed by atoms with Gasteiger partial charge in [-0.1, -0.05) is 23.5 Å². The number of carbonyl (C=O) groups excluding carboxylic acids is 1. The molecule has 23 heavy (non-hydrogen) atoms. The molecule has 0 aliphatic carbocycles. The maximum Gasteiger partial charge on any atom is 0.324 e. The number of hydrogen-bond acceptors (Lipinski definition) is 6. The van der Waals surface area contributed by atoms with Crippen molar-refractivity contribution in [1.82, 2.24) is 9.88 Å². The van der Waals surface area contributed by atoms with Gasteiger partial charge in [0, 0.05) is 13.1 Å². The van der Waals surface area contributed by atoms with Crippen LogP contribution in [0.2, 0.25) is 0 Å². The Bertz CT molecular complexity index is 854. The third kappa shape index (κ3) is 2.95. The van der Waals surface area contributed by atoms with Crippen LogP contribution in [-0.4, -0.2) is 27.8 Å². The number of hydrogen-bond donors (Lipinski definition) is 0. The molecule has 1 atom stereocenters. The van der Waals surface area contributed by atoms with Gasteiger partial charge < -0.3 is 4.90 Å². The third-order valence-corrected chi connectivity index (χ3v) is 5.78. The van der Waals surface area contributed by atoms with E-state index in [4.69, 9.17) is 0 Å². The van der Waals surface area contributed by atoms with Crippen LogP contribution in [0.4, 0.5) is 5.00 Å². The van der Waals surface area contributed by atoms with Crippen LogP contribution in [0.3, 0.4) is 0 Å². The molecule has 0 radical (unpaired) electrons. The molecule has 118 valence electrons. The van der Waals surface area contributed by atoms with E-state index in [9.17, 15) is 14.9 Å². The Morgan fingerprint density at radius 2 is 2.00 bits per heavy atom. The molecule has 6 nitrogen and oxygen atoms in total. The standard InChI is InChI=1S/C15H13N3O3S2/c1-9(14-16-10-5-3-4-6-11(10)23-14)17(2)15(19)12-7-8-13(22-12)18(20)21/h3-9H,1-2H3. The summed E-state index contributed by atoms with van der Waals surface area (Å²) in [6.45, 7) is 1.90. The van der Waals surface area contributed by atoms with Crippen molar-refractivity contribution in [3.8, 4) is 0 Å². The highest BCUT2D eigenvalue weighted by atomic mass is 32.1. The van der Waals surface area contributed by atoms with Gasteiger partial charge >= 0.3 is 5.00 Å². The number of nitro groups is 1. The number of amides is 1. The predicted molar refractivity (Wildman–Crippen MR) is 91.1 cm³/mol. The van der Waals surface area contributed by atoms with E-state index in [1.807, 2.05) is 31.2 Å². The van der Waals surface area contributed by atoms with Crippen molar-refractivity contribution in [2.75, 3.05) is 7.05 Å². The molecule has 0 saturated heterocycles. The Hall–Kier alpha value is -2.32. The second kappa shape index (κ2) is 6.05. The molecule has 2 aromatic heterocycles. The van der Waals surface area contributed by atoms with E-state index < -0.39 is 4.92 Å². The van der Waals surface area contributed by atoms with Crippen LogP contribution >= 0.6 is 22.7 Å². The lowest BCUT2D eigenvalue weighted by molar-refractivity contribution is -0.380. The van der Waals surface area contributed by atoms with E-state index >= 15 is 0 Å². The summed E-state index contributed by atoms with van der Waals surface area (Å²) in [4.78, 5) is 29.2. The minimum atomic E-state index is -0.488. The van der Waals surface area contributed by atoms with E-state index in [-0.39, 0.29) is 17.0 Å². The summed E-state index contributed by atoms with van der Waals surface area (Å²) in [5.41, 5.74) is 0.909. The molecule has 3 rings (SSSR count). The van der Waals surface area contributed by atoms with Gasteiger partial charge in [-0.05, 0) is 25.1 Å². The van der Waals surface area contributed by atoms with Crippen molar-refractivity contribution in [2.24, 2.45) is 0 Å². The van der Waals surface area contributed by atoms with Crippen LogP contribution in [0, 0.1) is 10.1 Å². The van der Waals surface area contributed by atoms with Gasteiger partial charge in [0.2, 0.25) is 0 Å². The Balaban J connectivity index is 1.84. The summed E-state index contributed by atoms with van der Waals surface area (Å²) in [6.07, 6.45) is 0. The highest BCUT2D eigenvalue weighted by molar-refractivity contribution is 7.18. The zero-order valence-corrected chi connectivity index (χ0v) is 14.1. The summed E-state index contributed by atoms with van der Waals surface area (Å²) in [5, 5.41) is 11.6. The molecule has 0 saturated carbocycles. The van der Waals surface area contributed by atoms with Crippen LogP contribution in [0.25, 0.3) is 10.2 Å². The van der Waals surface area contributed by atoms with Gasteiger partial charge in [-0.2, -0.15) is 0 Å². The molecule has 1 unspecified atom stereocenters. The van der Waals surface area contributed by atoms with E-state index in [1.54, 1.807) is 23.3 Å². The van der Waals surface area contributed by atoms with Crippen LogP contribution in [0.15, 0.2) is 36.4 Å². The fourth-order valence-electron chi connectivity index (χ4n) is 2.12. The summed E-state index contributed by atoms with van der Waals surface area (Å²) >= 11 is 2.43. The molecule has 8 heteroatoms. The molecular weight excluding hydrogens is 334 g/mol. The number of para-hydroxylation sites is 1. The Morgan fingerprint density at radius 1 is 1.26 bits per heavy atom. The molecule has 2 heterocycles. The van der Waals surface area contributed by atoms with Gasteiger partial charge in [-0.25, -0.2) is 4.98 Å². The fraction of sp³-hybridized carbons (Fsp3) is 0.200. The summed E-state index contributed by atoms with van der Waals surface area (Å²) < 4.78 is 1.07. The largest absolute Gasteiger partial charge is 0.332 e. The minimum absolute atomic E-state index is 0.0330. The van der Waals surface area contributed by atoms with Gasteiger partial charge in [0.05, 0.1) is 26.1 Å². The van der Waals surface area contributed by atoms with Crippen LogP contribution < -0.4 is 0 Å². The topological polar surface area (TPSA) is 76.3 Å². The van der Waals surface area contributed by atoms with Crippen LogP contribution in [-0.2, 0) is 0 Å². The number of fused-ring (bicyclic) bond motifs is 1. The monoisotopic (exact) mass is 347 g/mol. The van der Waals surface area contributed by atoms with Crippen molar-refractivity contribution in [3.63, 3.8) is 0 Å². The zero-order valence-electron chi connectivity index (χ0n) is 12.4. The van der Waals surface area contributed by atoms with Gasteiger partial charge in [-0.3, -0.25) is 14.9 Å². The highest BCUT2D eigenvalue weighted by Crippen LogP contribution is 2.31. The maximum absolute atomic E-state index is 12.5. The molecular formula is C15H13N3O3S2. The van der Waals surface area contributed by atoms with Gasteiger partial charge in [0.15, 0.2) is 0 Å². The first-order chi connectivity index (χ1) is 11.0. The molecule has 0 spiro atoms. The fourth-order valence-corrected chi connectivity index (χ4v) is 3.99. The molecule has 0 bridgehead atoms. The number of thiophene rings is 1. The van der Waals surface area contributed by atoms with Crippen LogP contribution in [0.1, 0.15) is 27.6 Å². The molecule has 0 fully saturated rings. The normalized spacial score (nSPS) is 12.3. The third-order valence-electron chi connectivity index (χ3n) is 3.55. The zero-order chi connectivity index (χ0) is 16.6. The van der Waals surface area contributed by atoms with Crippen molar-refractivity contribution < 1.29 is 9.72 Å². The number of thiazole rings is 1. The average Bonchev–Trinajstić information content (AvgIpc) is 3.19. The number of benzene rings is 1. The second-order valence-corrected chi connectivity index (χ2v) is 7.13. The predicted octanol–water partition coefficient (Wildman–Crippen LogP) is 4.10. The lowest BCUT2D eigenvalue weighted by Crippen LogP contribution is -2.28. The SMILES string of the molecule is CC(c1nc2ccccc2s1)N(C)C(=O)c1ccc([N+](=O)[O-])s1. The van der Waals surface area contributed by atoms with E-state index in [2.05, 4.69) is 4.98 Å². The van der Waals surface area contributed by atoms with Gasteiger partial charge in [-0.15, -0.1) is 11.3 Å². The maximum atomic E-state index is 12.5. The average molecular weight is 347 g/mol. The molecule has 0 N–H and O–H groups in total. The summed E-state index contributed by atoms with van der Waals surface area (Å²) in [6, 6.07) is 10.5. The molecule has 0 aliphatic heterocycles. The van der Waals surface area contributed by atoms with Crippen LogP contribution in [0.5, 0.6) is 0 Å². The molecule has 1 amide bonds. The first kappa shape index (κ1) is 15.6. The van der Waals surface area contributed by atoms with Gasteiger partial charge in [0.25, 0.3) is 5.91 Å². The smallest absolute Gasteiger partial charge is 0.324 e. The Morgan fingerprint density at radius 3 is 2.65 bits per heavy atom. The number of rotatable bonds is 4. The Kier molecular flexibility index (Phi) is 4.10. The van der Waals surface area contributed by atoms with E-state index in [1.165, 1.54) is 12.1 Å². The highest BCUT2D eigenvalue weighted by Gasteiger charge is 2.24. The van der Waals surface area contributed by atoms with Crippen molar-refractivity contribution in [1.29, 1.82) is 0 Å². The number of aromatic nitrogens is 1. The quantitative estimate of drug-likeness (QED) is 0.526. The van der Waals surface area contributed by atoms with Crippen molar-refractivity contribution >= 4 is 43.8 Å². The number of nitrogens with zero attached hydrogens (tertiary/aromatic N) is 3. The first-order valence-corrected chi connectivity index (χ1v) is 8.47. The molecule has 1 aromatic carbocycles. The summed E-state index contributed by atoms with van der Waals surface area (Å²) in [5.74, 6) is -0.241. The lowest BCUT2D eigenvalue weighted by atomic mass is 10.3. The first-order valence-electron chi connectivity index (χ1n) is 6.84. The van der Waals surface area contributed by atoms with E-state index in [0.29, 0.717) is 4.88 Å². The summed E-state index contributed by atoms with van der Waals surface area (Å²) in [7, 11) is 1.69. The number of carbonyl (C=O) groups is 1. The molecule has 3 aromatic rings. The second-order valence-electron chi connectivity index (χ2n) is 5.01. The van der Waals surface area contributed by atoms with Crippen molar-refractivity contribution in [2.45, 2.75) is 13.0 Å². The van der Waals surface area contributed by atoms with Gasteiger partial charge in [0.1, 0.15) is 5.01 Å². The van der Waals surface area contributed by atoms with Crippen molar-refractivity contribution in [3.05, 3.63) is 56.4 Å². The van der Waals surface area contributed by atoms with E-state index in [0.717, 1.165) is 26.6 Å². The minimum Gasteiger partial charge on any atom is -0.332 e.